The van der Waals surface area contributed by atoms with E-state index in [1.807, 2.05) is 0 Å². The first-order valence-electron chi connectivity index (χ1n) is 3.47. The van der Waals surface area contributed by atoms with Crippen molar-refractivity contribution in [3.8, 4) is 0 Å². The molecule has 0 aromatic heterocycles. The number of hydrogen-bond donors (Lipinski definition) is 2. The summed E-state index contributed by atoms with van der Waals surface area (Å²) in [6.45, 7) is 1.53. The molecule has 11 heavy (non-hydrogen) atoms. The van der Waals surface area contributed by atoms with Gasteiger partial charge in [0.1, 0.15) is 10.5 Å². The Balaban J connectivity index is 2.69. The van der Waals surface area contributed by atoms with Gasteiger partial charge in [-0.25, -0.2) is 0 Å². The van der Waals surface area contributed by atoms with Gasteiger partial charge in [-0.05, 0) is 0 Å². The molecular weight excluding hydrogens is 212 g/mol. The molecule has 0 aliphatic carbocycles. The van der Waals surface area contributed by atoms with E-state index in [0.717, 1.165) is 17.0 Å². The Morgan fingerprint density at radius 3 is 2.82 bits per heavy atom. The van der Waals surface area contributed by atoms with Crippen LogP contribution in [-0.2, 0) is 12.3 Å². The SMILES string of the molecule is NCCN[SiH2]O[SiH2]O[SiH2]O[SiH3]. The monoisotopic (exact) mass is 228 g/mol. The topological polar surface area (TPSA) is 65.7 Å². The second kappa shape index (κ2) is 10.7. The van der Waals surface area contributed by atoms with Crippen LogP contribution in [0.5, 0.6) is 0 Å². The highest BCUT2D eigenvalue weighted by molar-refractivity contribution is 6.43. The standard InChI is InChI=1S/C2H16N2O3Si4/c3-1-2-4-9-6-11-7-10-5-8/h4H,1-3,9-11H2,8H3. The molecule has 0 aromatic rings. The molecular formula is C2H16N2O3Si4. The zero-order valence-electron chi connectivity index (χ0n) is 6.84. The van der Waals surface area contributed by atoms with E-state index in [-0.39, 0.29) is 0 Å². The second-order valence-corrected chi connectivity index (χ2v) is 8.70. The van der Waals surface area contributed by atoms with Crippen LogP contribution in [0.2, 0.25) is 0 Å². The van der Waals surface area contributed by atoms with E-state index in [1.54, 1.807) is 0 Å². The number of hydrogen-bond acceptors (Lipinski definition) is 5. The fourth-order valence-electron chi connectivity index (χ4n) is 0.464. The lowest BCUT2D eigenvalue weighted by Gasteiger charge is -2.04. The number of rotatable bonds is 8. The predicted molar refractivity (Wildman–Crippen MR) is 55.9 cm³/mol. The van der Waals surface area contributed by atoms with Crippen molar-refractivity contribution in [1.29, 1.82) is 0 Å². The molecule has 68 valence electrons. The molecule has 0 spiro atoms. The van der Waals surface area contributed by atoms with E-state index in [0.29, 0.717) is 6.54 Å². The molecule has 0 saturated heterocycles. The summed E-state index contributed by atoms with van der Waals surface area (Å²) in [7, 11) is -1.11. The summed E-state index contributed by atoms with van der Waals surface area (Å²) >= 11 is 0. The summed E-state index contributed by atoms with van der Waals surface area (Å²) in [5.41, 5.74) is 5.27. The summed E-state index contributed by atoms with van der Waals surface area (Å²) in [5.74, 6) is 0. The van der Waals surface area contributed by atoms with Crippen molar-refractivity contribution < 1.29 is 12.3 Å². The molecule has 0 aromatic carbocycles. The lowest BCUT2D eigenvalue weighted by molar-refractivity contribution is 0.435. The molecule has 0 atom stereocenters. The van der Waals surface area contributed by atoms with Crippen molar-refractivity contribution in [2.45, 2.75) is 0 Å². The van der Waals surface area contributed by atoms with Crippen LogP contribution in [0.3, 0.4) is 0 Å². The van der Waals surface area contributed by atoms with Gasteiger partial charge in [-0.1, -0.05) is 0 Å². The molecule has 0 aliphatic rings. The van der Waals surface area contributed by atoms with Crippen LogP contribution in [-0.4, -0.2) is 53.5 Å². The van der Waals surface area contributed by atoms with Gasteiger partial charge >= 0.3 is 0 Å². The van der Waals surface area contributed by atoms with Gasteiger partial charge < -0.3 is 23.1 Å². The van der Waals surface area contributed by atoms with E-state index in [4.69, 9.17) is 18.1 Å². The molecule has 3 N–H and O–H groups in total. The Morgan fingerprint density at radius 1 is 1.36 bits per heavy atom. The predicted octanol–water partition coefficient (Wildman–Crippen LogP) is -5.14. The van der Waals surface area contributed by atoms with E-state index in [2.05, 4.69) is 4.98 Å². The van der Waals surface area contributed by atoms with Gasteiger partial charge in [0.15, 0.2) is 0 Å². The van der Waals surface area contributed by atoms with Gasteiger partial charge in [-0.3, -0.25) is 0 Å². The van der Waals surface area contributed by atoms with Gasteiger partial charge in [-0.15, -0.1) is 0 Å². The minimum Gasteiger partial charge on any atom is -0.449 e. The highest BCUT2D eigenvalue weighted by atomic mass is 28.4. The summed E-state index contributed by atoms with van der Waals surface area (Å²) in [5, 5.41) is 0. The average Bonchev–Trinajstić information content (AvgIpc) is 2.03. The van der Waals surface area contributed by atoms with Gasteiger partial charge in [0, 0.05) is 13.1 Å². The third kappa shape index (κ3) is 10.7. The van der Waals surface area contributed by atoms with Crippen molar-refractivity contribution in [2.75, 3.05) is 13.1 Å². The molecule has 0 amide bonds. The zero-order chi connectivity index (χ0) is 8.36. The van der Waals surface area contributed by atoms with E-state index in [9.17, 15) is 0 Å². The van der Waals surface area contributed by atoms with Gasteiger partial charge in [0.05, 0.1) is 0 Å². The van der Waals surface area contributed by atoms with Crippen LogP contribution in [0.1, 0.15) is 0 Å². The van der Waals surface area contributed by atoms with Gasteiger partial charge in [-0.2, -0.15) is 0 Å². The molecule has 5 nitrogen and oxygen atoms in total. The first-order valence-corrected chi connectivity index (χ1v) is 7.88. The smallest absolute Gasteiger partial charge is 0.285 e. The molecule has 0 fully saturated rings. The molecule has 0 aliphatic heterocycles. The average molecular weight is 229 g/mol. The summed E-state index contributed by atoms with van der Waals surface area (Å²) < 4.78 is 15.4. The molecule has 0 heterocycles. The first-order chi connectivity index (χ1) is 5.41. The van der Waals surface area contributed by atoms with Crippen molar-refractivity contribution in [2.24, 2.45) is 5.73 Å². The van der Waals surface area contributed by atoms with Gasteiger partial charge in [0.2, 0.25) is 9.92 Å². The second-order valence-electron chi connectivity index (χ2n) is 1.87. The highest BCUT2D eigenvalue weighted by Gasteiger charge is 1.88. The number of nitrogens with one attached hydrogen (secondary N) is 1. The van der Waals surface area contributed by atoms with Gasteiger partial charge in [0.25, 0.3) is 20.0 Å². The van der Waals surface area contributed by atoms with Crippen LogP contribution >= 0.6 is 0 Å². The van der Waals surface area contributed by atoms with Crippen molar-refractivity contribution in [3.05, 3.63) is 0 Å². The minimum atomic E-state index is -0.710. The Kier molecular flexibility index (Phi) is 11.3. The van der Waals surface area contributed by atoms with Crippen molar-refractivity contribution >= 4 is 40.4 Å². The van der Waals surface area contributed by atoms with Crippen molar-refractivity contribution in [3.63, 3.8) is 0 Å². The van der Waals surface area contributed by atoms with E-state index in [1.165, 1.54) is 0 Å². The normalized spacial score (nSPS) is 13.9. The first kappa shape index (κ1) is 11.7. The molecule has 0 saturated carbocycles. The Morgan fingerprint density at radius 2 is 2.18 bits per heavy atom. The summed E-state index contributed by atoms with van der Waals surface area (Å²) in [4.78, 5) is 3.14. The molecule has 9 heteroatoms. The molecule has 0 rings (SSSR count). The fourth-order valence-corrected chi connectivity index (χ4v) is 5.69. The highest BCUT2D eigenvalue weighted by Crippen LogP contribution is 1.67. The van der Waals surface area contributed by atoms with Crippen LogP contribution in [0.25, 0.3) is 0 Å². The Labute approximate surface area is 77.0 Å². The number of nitrogens with two attached hydrogens (primary N) is 1. The maximum Gasteiger partial charge on any atom is 0.285 e. The van der Waals surface area contributed by atoms with Crippen LogP contribution in [0.15, 0.2) is 0 Å². The van der Waals surface area contributed by atoms with Crippen LogP contribution in [0, 0.1) is 0 Å². The van der Waals surface area contributed by atoms with Crippen LogP contribution < -0.4 is 10.7 Å². The third-order valence-corrected chi connectivity index (χ3v) is 5.21. The van der Waals surface area contributed by atoms with E-state index >= 15 is 0 Å². The molecule has 0 unspecified atom stereocenters. The third-order valence-electron chi connectivity index (χ3n) is 0.893. The molecule has 0 radical (unpaired) electrons. The molecule has 0 bridgehead atoms. The maximum absolute atomic E-state index is 5.30. The van der Waals surface area contributed by atoms with Crippen LogP contribution in [0.4, 0.5) is 0 Å². The Hall–Kier alpha value is 0.668. The largest absolute Gasteiger partial charge is 0.449 e. The summed E-state index contributed by atoms with van der Waals surface area (Å²) in [6.07, 6.45) is 0. The van der Waals surface area contributed by atoms with E-state index < -0.39 is 29.9 Å². The lowest BCUT2D eigenvalue weighted by atomic mass is 10.7. The lowest BCUT2D eigenvalue weighted by Crippen LogP contribution is -2.29. The maximum atomic E-state index is 5.30. The zero-order valence-corrected chi connectivity index (χ0v) is 13.1. The minimum absolute atomic E-state index is 0.543. The summed E-state index contributed by atoms with van der Waals surface area (Å²) in [6, 6.07) is 0. The Bertz CT molecular complexity index is 70.4. The quantitative estimate of drug-likeness (QED) is 0.321. The van der Waals surface area contributed by atoms with Crippen molar-refractivity contribution in [1.82, 2.24) is 4.98 Å². The fraction of sp³-hybridized carbons (Fsp3) is 1.00.